The van der Waals surface area contributed by atoms with E-state index in [-0.39, 0.29) is 0 Å². The van der Waals surface area contributed by atoms with Gasteiger partial charge in [-0.25, -0.2) is 0 Å². The number of halogens is 3. The van der Waals surface area contributed by atoms with Crippen molar-refractivity contribution in [3.05, 3.63) is 33.9 Å². The SMILES string of the molecule is O=S(=O)(F)C([I+]c1ccccc1)S(=O)(=O)F. The van der Waals surface area contributed by atoms with Gasteiger partial charge in [0.15, 0.2) is 3.57 Å². The van der Waals surface area contributed by atoms with Crippen molar-refractivity contribution in [2.75, 3.05) is 0 Å². The van der Waals surface area contributed by atoms with Crippen LogP contribution >= 0.6 is 0 Å². The zero-order valence-corrected chi connectivity index (χ0v) is 11.3. The standard InChI is InChI=1S/C7H6F2IO4S2/c8-15(11,12)7(16(9,13)14)10-6-4-2-1-3-5-6/h1-5,7H/q+1. The van der Waals surface area contributed by atoms with Crippen LogP contribution in [0.1, 0.15) is 0 Å². The van der Waals surface area contributed by atoms with Gasteiger partial charge in [0.1, 0.15) is 0 Å². The third-order valence-electron chi connectivity index (χ3n) is 1.39. The summed E-state index contributed by atoms with van der Waals surface area (Å²) in [6.45, 7) is 0. The van der Waals surface area contributed by atoms with Crippen molar-refractivity contribution in [3.63, 3.8) is 0 Å². The molecule has 0 bridgehead atoms. The third kappa shape index (κ3) is 3.94. The van der Waals surface area contributed by atoms with Gasteiger partial charge in [0.25, 0.3) is 0 Å². The van der Waals surface area contributed by atoms with Gasteiger partial charge >= 0.3 is 44.2 Å². The van der Waals surface area contributed by atoms with Crippen LogP contribution in [0.2, 0.25) is 0 Å². The lowest BCUT2D eigenvalue weighted by Crippen LogP contribution is -3.66. The minimum atomic E-state index is -5.43. The molecule has 0 spiro atoms. The summed E-state index contributed by atoms with van der Waals surface area (Å²) < 4.78 is 65.1. The van der Waals surface area contributed by atoms with Gasteiger partial charge < -0.3 is 0 Å². The van der Waals surface area contributed by atoms with Crippen molar-refractivity contribution in [1.82, 2.24) is 0 Å². The Labute approximate surface area is 102 Å². The first-order valence-corrected chi connectivity index (χ1v) is 8.98. The Morgan fingerprint density at radius 1 is 0.938 bits per heavy atom. The summed E-state index contributed by atoms with van der Waals surface area (Å²) in [7, 11) is -10.9. The highest BCUT2D eigenvalue weighted by Gasteiger charge is 2.51. The summed E-state index contributed by atoms with van der Waals surface area (Å²) >= 11 is -1.84. The fraction of sp³-hybridized carbons (Fsp3) is 0.143. The first-order chi connectivity index (χ1) is 7.21. The molecule has 0 aliphatic heterocycles. The van der Waals surface area contributed by atoms with Gasteiger partial charge in [-0.2, -0.15) is 16.8 Å². The zero-order valence-electron chi connectivity index (χ0n) is 7.55. The molecule has 0 fully saturated rings. The lowest BCUT2D eigenvalue weighted by molar-refractivity contribution is -0.623. The molecule has 1 rings (SSSR count). The average Bonchev–Trinajstić information content (AvgIpc) is 2.12. The second-order valence-electron chi connectivity index (χ2n) is 2.63. The van der Waals surface area contributed by atoms with E-state index in [4.69, 9.17) is 0 Å². The Hall–Kier alpha value is -0.290. The molecule has 1 aromatic carbocycles. The van der Waals surface area contributed by atoms with Gasteiger partial charge in [0.2, 0.25) is 0 Å². The molecule has 0 heterocycles. The normalized spacial score (nSPS) is 12.9. The molecule has 4 nitrogen and oxygen atoms in total. The zero-order chi connectivity index (χ0) is 12.4. The van der Waals surface area contributed by atoms with Crippen LogP contribution < -0.4 is 21.2 Å². The Bertz CT molecular complexity index is 523. The minimum absolute atomic E-state index is 0.328. The number of hydrogen-bond donors (Lipinski definition) is 0. The Balaban J connectivity index is 3.08. The quantitative estimate of drug-likeness (QED) is 0.337. The average molecular weight is 383 g/mol. The molecule has 16 heavy (non-hydrogen) atoms. The summed E-state index contributed by atoms with van der Waals surface area (Å²) in [5.74, 6) is 0. The van der Waals surface area contributed by atoms with Crippen LogP contribution in [0, 0.1) is 3.57 Å². The predicted molar refractivity (Wildman–Crippen MR) is 49.0 cm³/mol. The van der Waals surface area contributed by atoms with E-state index < -0.39 is 44.2 Å². The highest BCUT2D eigenvalue weighted by atomic mass is 127. The molecule has 0 aliphatic rings. The van der Waals surface area contributed by atoms with Gasteiger partial charge in [-0.3, -0.25) is 0 Å². The van der Waals surface area contributed by atoms with Crippen LogP contribution in [0.25, 0.3) is 0 Å². The smallest absolute Gasteiger partial charge is 0.189 e. The topological polar surface area (TPSA) is 68.3 Å². The molecular weight excluding hydrogens is 377 g/mol. The van der Waals surface area contributed by atoms with Crippen LogP contribution in [0.15, 0.2) is 30.3 Å². The lowest BCUT2D eigenvalue weighted by atomic mass is 10.4. The maximum atomic E-state index is 12.6. The van der Waals surface area contributed by atoms with E-state index in [1.54, 1.807) is 6.07 Å². The molecule has 1 aromatic rings. The molecule has 90 valence electrons. The molecule has 0 amide bonds. The van der Waals surface area contributed by atoms with E-state index in [0.29, 0.717) is 3.57 Å². The van der Waals surface area contributed by atoms with Crippen molar-refractivity contribution in [2.24, 2.45) is 0 Å². The van der Waals surface area contributed by atoms with Gasteiger partial charge in [-0.1, -0.05) is 26.0 Å². The minimum Gasteiger partial charge on any atom is -0.189 e. The maximum absolute atomic E-state index is 12.6. The first-order valence-electron chi connectivity index (χ1n) is 3.76. The van der Waals surface area contributed by atoms with Gasteiger partial charge in [-0.05, 0) is 12.1 Å². The highest BCUT2D eigenvalue weighted by Crippen LogP contribution is 2.05. The van der Waals surface area contributed by atoms with E-state index in [1.807, 2.05) is 0 Å². The fourth-order valence-electron chi connectivity index (χ4n) is 0.834. The summed E-state index contributed by atoms with van der Waals surface area (Å²) in [6, 6.07) is 7.53. The molecule has 0 aliphatic carbocycles. The van der Waals surface area contributed by atoms with E-state index in [0.717, 1.165) is 0 Å². The Kier molecular flexibility index (Phi) is 4.23. The van der Waals surface area contributed by atoms with E-state index in [1.165, 1.54) is 24.3 Å². The highest BCUT2D eigenvalue weighted by molar-refractivity contribution is 8.04. The Morgan fingerprint density at radius 3 is 1.75 bits per heavy atom. The monoisotopic (exact) mass is 383 g/mol. The molecule has 9 heteroatoms. The molecule has 0 aromatic heterocycles. The first kappa shape index (κ1) is 13.8. The number of benzene rings is 1. The van der Waals surface area contributed by atoms with Gasteiger partial charge in [-0.15, -0.1) is 0 Å². The van der Waals surface area contributed by atoms with Crippen LogP contribution in [0.5, 0.6) is 0 Å². The Morgan fingerprint density at radius 2 is 1.38 bits per heavy atom. The van der Waals surface area contributed by atoms with Crippen LogP contribution in [-0.2, 0) is 20.4 Å². The summed E-state index contributed by atoms with van der Waals surface area (Å²) in [6.07, 6.45) is 0. The summed E-state index contributed by atoms with van der Waals surface area (Å²) in [5.41, 5.74) is 0. The van der Waals surface area contributed by atoms with Crippen molar-refractivity contribution in [2.45, 2.75) is 2.59 Å². The molecule has 0 N–H and O–H groups in total. The third-order valence-corrected chi connectivity index (χ3v) is 10.4. The van der Waals surface area contributed by atoms with Crippen molar-refractivity contribution < 1.29 is 45.8 Å². The van der Waals surface area contributed by atoms with E-state index in [9.17, 15) is 24.6 Å². The second-order valence-corrected chi connectivity index (χ2v) is 10.6. The van der Waals surface area contributed by atoms with E-state index in [2.05, 4.69) is 0 Å². The predicted octanol–water partition coefficient (Wildman–Crippen LogP) is -2.17. The van der Waals surface area contributed by atoms with Crippen LogP contribution in [-0.4, -0.2) is 19.4 Å². The van der Waals surface area contributed by atoms with E-state index >= 15 is 0 Å². The fourth-order valence-corrected chi connectivity index (χ4v) is 6.77. The number of alkyl halides is 1. The van der Waals surface area contributed by atoms with Crippen molar-refractivity contribution in [3.8, 4) is 0 Å². The summed E-state index contributed by atoms with van der Waals surface area (Å²) in [5, 5.41) is 0. The molecular formula is C7H6F2IO4S2+. The van der Waals surface area contributed by atoms with Gasteiger partial charge in [0.05, 0.1) is 0 Å². The lowest BCUT2D eigenvalue weighted by Gasteiger charge is -1.94. The number of rotatable bonds is 4. The summed E-state index contributed by atoms with van der Waals surface area (Å²) in [4.78, 5) is 0. The second kappa shape index (κ2) is 4.92. The molecule has 0 saturated heterocycles. The van der Waals surface area contributed by atoms with Gasteiger partial charge in [0, 0.05) is 0 Å². The molecule has 0 atom stereocenters. The van der Waals surface area contributed by atoms with Crippen LogP contribution in [0.3, 0.4) is 0 Å². The number of hydrogen-bond acceptors (Lipinski definition) is 4. The van der Waals surface area contributed by atoms with Crippen molar-refractivity contribution in [1.29, 1.82) is 0 Å². The maximum Gasteiger partial charge on any atom is 0.412 e. The van der Waals surface area contributed by atoms with Crippen molar-refractivity contribution >= 4 is 20.4 Å². The molecule has 0 radical (unpaired) electrons. The molecule has 0 saturated carbocycles. The van der Waals surface area contributed by atoms with Crippen LogP contribution in [0.4, 0.5) is 7.77 Å². The molecule has 0 unspecified atom stereocenters. The largest absolute Gasteiger partial charge is 0.412 e.